The molecule has 0 spiro atoms. The summed E-state index contributed by atoms with van der Waals surface area (Å²) in [4.78, 5) is 0. The second-order valence-corrected chi connectivity index (χ2v) is 12.8. The Hall–Kier alpha value is -0.760. The van der Waals surface area contributed by atoms with E-state index in [0.717, 1.165) is 27.3 Å². The van der Waals surface area contributed by atoms with Crippen molar-refractivity contribution in [3.05, 3.63) is 29.3 Å². The highest BCUT2D eigenvalue weighted by Gasteiger charge is 2.21. The molecule has 0 aliphatic carbocycles. The van der Waals surface area contributed by atoms with Gasteiger partial charge in [0.2, 0.25) is 0 Å². The lowest BCUT2D eigenvalue weighted by Crippen LogP contribution is -2.22. The Morgan fingerprint density at radius 1 is 1.10 bits per heavy atom. The Balaban J connectivity index is 2.00. The molecule has 0 saturated carbocycles. The van der Waals surface area contributed by atoms with Gasteiger partial charge >= 0.3 is 0 Å². The molecule has 0 radical (unpaired) electrons. The van der Waals surface area contributed by atoms with E-state index >= 15 is 0 Å². The van der Waals surface area contributed by atoms with Crippen LogP contribution in [0.1, 0.15) is 59.1 Å². The van der Waals surface area contributed by atoms with Gasteiger partial charge in [-0.3, -0.25) is 0 Å². The molecule has 1 aromatic carbocycles. The molecule has 1 aromatic heterocycles. The van der Waals surface area contributed by atoms with Crippen LogP contribution in [0.15, 0.2) is 26.9 Å². The number of ether oxygens (including phenoxy) is 1. The van der Waals surface area contributed by atoms with Gasteiger partial charge in [0.1, 0.15) is 12.4 Å². The van der Waals surface area contributed by atoms with Crippen molar-refractivity contribution < 1.29 is 9.84 Å². The van der Waals surface area contributed by atoms with Gasteiger partial charge in [0.25, 0.3) is 0 Å². The molecule has 1 unspecified atom stereocenters. The largest absolute Gasteiger partial charge is 0.491 e. The van der Waals surface area contributed by atoms with Crippen molar-refractivity contribution >= 4 is 34.9 Å². The summed E-state index contributed by atoms with van der Waals surface area (Å²) in [6, 6.07) is 6.55. The summed E-state index contributed by atoms with van der Waals surface area (Å²) in [6.45, 7) is 13.6. The highest BCUT2D eigenvalue weighted by atomic mass is 32.2. The Morgan fingerprint density at radius 3 is 2.38 bits per heavy atom. The third kappa shape index (κ3) is 8.48. The van der Waals surface area contributed by atoms with E-state index in [1.54, 1.807) is 23.1 Å². The van der Waals surface area contributed by atoms with Gasteiger partial charge in [-0.25, -0.2) is 0 Å². The predicted molar refractivity (Wildman–Crippen MR) is 127 cm³/mol. The summed E-state index contributed by atoms with van der Waals surface area (Å²) >= 11 is 4.67. The van der Waals surface area contributed by atoms with Gasteiger partial charge in [-0.2, -0.15) is 0 Å². The number of rotatable bonds is 9. The molecule has 2 rings (SSSR count). The molecular weight excluding hydrogens is 420 g/mol. The molecule has 1 heterocycles. The van der Waals surface area contributed by atoms with E-state index in [4.69, 9.17) is 4.74 Å². The number of nitrogens with zero attached hydrogens (tertiary/aromatic N) is 2. The molecule has 4 nitrogen and oxygen atoms in total. The van der Waals surface area contributed by atoms with E-state index in [1.807, 2.05) is 6.26 Å². The zero-order valence-corrected chi connectivity index (χ0v) is 21.1. The third-order valence-corrected chi connectivity index (χ3v) is 7.59. The van der Waals surface area contributed by atoms with Crippen molar-refractivity contribution in [2.24, 2.45) is 5.41 Å². The number of benzene rings is 1. The maximum atomic E-state index is 10.4. The topological polar surface area (TPSA) is 55.2 Å². The average Bonchev–Trinajstić information content (AvgIpc) is 3.09. The van der Waals surface area contributed by atoms with E-state index in [0.29, 0.717) is 11.2 Å². The normalized spacial score (nSPS) is 13.5. The Labute approximate surface area is 188 Å². The number of aryl methyl sites for hydroxylation is 1. The fourth-order valence-corrected chi connectivity index (χ4v) is 5.09. The molecule has 2 aromatic rings. The Bertz CT molecular complexity index is 779. The number of aliphatic hydroxyl groups is 1. The standard InChI is InChI=1S/C22H34N2O2S3/c1-21(2,3)11-10-15-8-9-17(22(4,5)6)18(12-15)26-13-16(25)14-28-20-24-23-19(27-7)29-20/h8-9,12,16,25H,10-11,13-14H2,1-7H3. The number of thioether (sulfide) groups is 2. The molecule has 162 valence electrons. The van der Waals surface area contributed by atoms with E-state index in [9.17, 15) is 5.11 Å². The molecule has 1 N–H and O–H groups in total. The summed E-state index contributed by atoms with van der Waals surface area (Å²) in [5.41, 5.74) is 2.74. The van der Waals surface area contributed by atoms with E-state index < -0.39 is 6.10 Å². The summed E-state index contributed by atoms with van der Waals surface area (Å²) in [7, 11) is 0. The predicted octanol–water partition coefficient (Wildman–Crippen LogP) is 6.07. The molecule has 0 bridgehead atoms. The van der Waals surface area contributed by atoms with Crippen LogP contribution in [-0.2, 0) is 11.8 Å². The van der Waals surface area contributed by atoms with Gasteiger partial charge in [-0.15, -0.1) is 10.2 Å². The first-order chi connectivity index (χ1) is 13.5. The van der Waals surface area contributed by atoms with Crippen molar-refractivity contribution in [1.29, 1.82) is 0 Å². The smallest absolute Gasteiger partial charge is 0.175 e. The van der Waals surface area contributed by atoms with Crippen molar-refractivity contribution in [2.45, 2.75) is 74.6 Å². The fraction of sp³-hybridized carbons (Fsp3) is 0.636. The molecule has 7 heteroatoms. The average molecular weight is 455 g/mol. The van der Waals surface area contributed by atoms with Crippen LogP contribution in [0.4, 0.5) is 0 Å². The molecular formula is C22H34N2O2S3. The minimum Gasteiger partial charge on any atom is -0.491 e. The van der Waals surface area contributed by atoms with Crippen molar-refractivity contribution in [3.63, 3.8) is 0 Å². The number of hydrogen-bond donors (Lipinski definition) is 1. The molecule has 29 heavy (non-hydrogen) atoms. The van der Waals surface area contributed by atoms with Gasteiger partial charge in [-0.1, -0.05) is 88.5 Å². The minimum absolute atomic E-state index is 0.0155. The van der Waals surface area contributed by atoms with Crippen LogP contribution in [-0.4, -0.2) is 40.0 Å². The fourth-order valence-electron chi connectivity index (χ4n) is 2.72. The first-order valence-electron chi connectivity index (χ1n) is 9.92. The van der Waals surface area contributed by atoms with Gasteiger partial charge in [0, 0.05) is 5.75 Å². The summed E-state index contributed by atoms with van der Waals surface area (Å²) in [5.74, 6) is 1.42. The van der Waals surface area contributed by atoms with Crippen LogP contribution in [0.3, 0.4) is 0 Å². The van der Waals surface area contributed by atoms with Crippen LogP contribution in [0.5, 0.6) is 5.75 Å². The first-order valence-corrected chi connectivity index (χ1v) is 13.0. The highest BCUT2D eigenvalue weighted by molar-refractivity contribution is 8.03. The number of aliphatic hydroxyl groups excluding tert-OH is 1. The van der Waals surface area contributed by atoms with Crippen LogP contribution < -0.4 is 4.74 Å². The van der Waals surface area contributed by atoms with Gasteiger partial charge in [-0.05, 0) is 47.1 Å². The van der Waals surface area contributed by atoms with Gasteiger partial charge in [0.15, 0.2) is 8.68 Å². The zero-order chi connectivity index (χ0) is 21.7. The Morgan fingerprint density at radius 2 is 1.79 bits per heavy atom. The second kappa shape index (κ2) is 10.5. The highest BCUT2D eigenvalue weighted by Crippen LogP contribution is 2.34. The van der Waals surface area contributed by atoms with Crippen molar-refractivity contribution in [3.8, 4) is 5.75 Å². The molecule has 0 fully saturated rings. The molecule has 0 amide bonds. The van der Waals surface area contributed by atoms with Gasteiger partial charge < -0.3 is 9.84 Å². The monoisotopic (exact) mass is 454 g/mol. The summed E-state index contributed by atoms with van der Waals surface area (Å²) in [5, 5.41) is 18.6. The SMILES string of the molecule is CSc1nnc(SCC(O)COc2cc(CCC(C)(C)C)ccc2C(C)(C)C)s1. The number of hydrogen-bond acceptors (Lipinski definition) is 7. The minimum atomic E-state index is -0.562. The molecule has 0 saturated heterocycles. The lowest BCUT2D eigenvalue weighted by Gasteiger charge is -2.25. The second-order valence-electron chi connectivity index (χ2n) is 9.46. The maximum absolute atomic E-state index is 10.4. The quantitative estimate of drug-likeness (QED) is 0.464. The lowest BCUT2D eigenvalue weighted by molar-refractivity contribution is 0.125. The first kappa shape index (κ1) is 24.5. The lowest BCUT2D eigenvalue weighted by atomic mass is 9.84. The van der Waals surface area contributed by atoms with Crippen LogP contribution in [0.25, 0.3) is 0 Å². The molecule has 1 atom stereocenters. The van der Waals surface area contributed by atoms with E-state index in [2.05, 4.69) is 69.9 Å². The van der Waals surface area contributed by atoms with Crippen LogP contribution in [0, 0.1) is 5.41 Å². The van der Waals surface area contributed by atoms with E-state index in [1.165, 1.54) is 22.9 Å². The summed E-state index contributed by atoms with van der Waals surface area (Å²) < 4.78 is 7.94. The summed E-state index contributed by atoms with van der Waals surface area (Å²) in [6.07, 6.45) is 3.57. The number of aromatic nitrogens is 2. The van der Waals surface area contributed by atoms with Crippen molar-refractivity contribution in [1.82, 2.24) is 10.2 Å². The van der Waals surface area contributed by atoms with E-state index in [-0.39, 0.29) is 12.0 Å². The Kier molecular flexibility index (Phi) is 8.88. The maximum Gasteiger partial charge on any atom is 0.175 e. The van der Waals surface area contributed by atoms with Crippen LogP contribution >= 0.6 is 34.9 Å². The van der Waals surface area contributed by atoms with Gasteiger partial charge in [0.05, 0.1) is 6.10 Å². The third-order valence-electron chi connectivity index (χ3n) is 4.41. The van der Waals surface area contributed by atoms with Crippen molar-refractivity contribution in [2.75, 3.05) is 18.6 Å². The zero-order valence-electron chi connectivity index (χ0n) is 18.6. The van der Waals surface area contributed by atoms with Crippen LogP contribution in [0.2, 0.25) is 0 Å². The molecule has 0 aliphatic rings. The molecule has 0 aliphatic heterocycles.